The Kier molecular flexibility index (Phi) is 4.99. The number of nitrogens with one attached hydrogen (secondary N) is 1. The number of rotatable bonds is 6. The monoisotopic (exact) mass is 372 g/mol. The highest BCUT2D eigenvalue weighted by Gasteiger charge is 2.26. The van der Waals surface area contributed by atoms with E-state index in [-0.39, 0.29) is 23.1 Å². The number of phenolic OH excluding ortho intramolecular Hbond substituents is 1. The van der Waals surface area contributed by atoms with E-state index >= 15 is 0 Å². The summed E-state index contributed by atoms with van der Waals surface area (Å²) in [6.45, 7) is 1.95. The fourth-order valence-corrected chi connectivity index (χ4v) is 3.94. The molecule has 0 aromatic heterocycles. The molecule has 1 atom stereocenters. The van der Waals surface area contributed by atoms with Crippen LogP contribution in [-0.4, -0.2) is 19.3 Å². The second kappa shape index (κ2) is 7.21. The van der Waals surface area contributed by atoms with Gasteiger partial charge in [0.05, 0.1) is 5.69 Å². The number of phenols is 1. The zero-order valence-corrected chi connectivity index (χ0v) is 15.1. The van der Waals surface area contributed by atoms with Crippen LogP contribution in [0.5, 0.6) is 5.75 Å². The van der Waals surface area contributed by atoms with Gasteiger partial charge in [0, 0.05) is 23.9 Å². The van der Waals surface area contributed by atoms with E-state index < -0.39 is 10.2 Å². The summed E-state index contributed by atoms with van der Waals surface area (Å²) in [6, 6.07) is 13.9. The van der Waals surface area contributed by atoms with Crippen LogP contribution in [0.1, 0.15) is 29.3 Å². The van der Waals surface area contributed by atoms with Crippen LogP contribution in [0, 0.1) is 5.92 Å². The first-order valence-corrected chi connectivity index (χ1v) is 9.76. The smallest absolute Gasteiger partial charge is 0.327 e. The Labute approximate surface area is 153 Å². The summed E-state index contributed by atoms with van der Waals surface area (Å²) < 4.78 is 26.9. The summed E-state index contributed by atoms with van der Waals surface area (Å²) in [7, 11) is -3.69. The van der Waals surface area contributed by atoms with Crippen LogP contribution in [0.15, 0.2) is 60.9 Å². The van der Waals surface area contributed by atoms with Gasteiger partial charge in [0.1, 0.15) is 5.75 Å². The molecule has 136 valence electrons. The maximum atomic E-state index is 12.7. The predicted octanol–water partition coefficient (Wildman–Crippen LogP) is 2.97. The Morgan fingerprint density at radius 2 is 1.92 bits per heavy atom. The first-order valence-electron chi connectivity index (χ1n) is 8.32. The van der Waals surface area contributed by atoms with Gasteiger partial charge in [0.25, 0.3) is 0 Å². The topological polar surface area (TPSA) is 86.7 Å². The Balaban J connectivity index is 1.81. The molecule has 26 heavy (non-hydrogen) atoms. The minimum atomic E-state index is -3.69. The third kappa shape index (κ3) is 3.57. The molecule has 0 bridgehead atoms. The van der Waals surface area contributed by atoms with Gasteiger partial charge in [-0.25, -0.2) is 4.31 Å². The van der Waals surface area contributed by atoms with Crippen molar-refractivity contribution in [3.63, 3.8) is 0 Å². The number of hydrogen-bond acceptors (Lipinski definition) is 4. The van der Waals surface area contributed by atoms with E-state index in [9.17, 15) is 18.3 Å². The molecule has 7 heteroatoms. The highest BCUT2D eigenvalue weighted by Crippen LogP contribution is 2.32. The van der Waals surface area contributed by atoms with Gasteiger partial charge in [-0.05, 0) is 30.5 Å². The molecule has 1 aliphatic heterocycles. The molecular formula is C19H20N2O4S. The molecule has 6 nitrogen and oxygen atoms in total. The summed E-state index contributed by atoms with van der Waals surface area (Å²) >= 11 is 0. The summed E-state index contributed by atoms with van der Waals surface area (Å²) in [4.78, 5) is 12.7. The normalized spacial score (nSPS) is 16.3. The van der Waals surface area contributed by atoms with Crippen molar-refractivity contribution in [1.29, 1.82) is 0 Å². The minimum absolute atomic E-state index is 0.0610. The van der Waals surface area contributed by atoms with Gasteiger partial charge in [-0.15, -0.1) is 0 Å². The molecule has 0 spiro atoms. The lowest BCUT2D eigenvalue weighted by Gasteiger charge is -2.18. The zero-order valence-electron chi connectivity index (χ0n) is 14.3. The second-order valence-electron chi connectivity index (χ2n) is 6.10. The van der Waals surface area contributed by atoms with E-state index in [1.807, 2.05) is 25.1 Å². The first-order chi connectivity index (χ1) is 12.4. The number of carbonyl (C=O) groups is 1. The number of benzene rings is 2. The number of aromatic hydroxyl groups is 1. The highest BCUT2D eigenvalue weighted by atomic mass is 32.2. The molecule has 0 radical (unpaired) electrons. The van der Waals surface area contributed by atoms with Crippen LogP contribution in [0.25, 0.3) is 0 Å². The average molecular weight is 372 g/mol. The van der Waals surface area contributed by atoms with Crippen LogP contribution in [-0.2, 0) is 16.6 Å². The summed E-state index contributed by atoms with van der Waals surface area (Å²) in [5.74, 6) is -0.299. The van der Waals surface area contributed by atoms with Crippen molar-refractivity contribution in [2.24, 2.45) is 5.92 Å². The fourth-order valence-electron chi connectivity index (χ4n) is 2.96. The Morgan fingerprint density at radius 1 is 1.19 bits per heavy atom. The number of hydrogen-bond donors (Lipinski definition) is 2. The molecule has 2 aromatic rings. The number of Topliss-reactive ketones (excluding diaryl/α,β-unsaturated/α-hetero) is 1. The lowest BCUT2D eigenvalue weighted by molar-refractivity contribution is 0.0916. The Morgan fingerprint density at radius 3 is 2.50 bits per heavy atom. The van der Waals surface area contributed by atoms with Crippen molar-refractivity contribution in [3.8, 4) is 5.75 Å². The molecule has 1 aliphatic rings. The number of anilines is 1. The predicted molar refractivity (Wildman–Crippen MR) is 100 cm³/mol. The van der Waals surface area contributed by atoms with Crippen molar-refractivity contribution in [2.75, 3.05) is 4.31 Å². The largest absolute Gasteiger partial charge is 0.506 e. The SMILES string of the molecule is CCC(Cc1ccc(N2C=CNS2(=O)=O)c(O)c1)C(=O)c1ccccc1. The first kappa shape index (κ1) is 18.0. The highest BCUT2D eigenvalue weighted by molar-refractivity contribution is 7.91. The van der Waals surface area contributed by atoms with Crippen molar-refractivity contribution in [2.45, 2.75) is 19.8 Å². The van der Waals surface area contributed by atoms with Gasteiger partial charge in [0.15, 0.2) is 5.78 Å². The standard InChI is InChI=1S/C19H20N2O4S/c1-2-15(19(23)16-6-4-3-5-7-16)12-14-8-9-17(18(22)13-14)21-11-10-20-26(21,24)25/h3-11,13,15,20,22H,2,12H2,1H3. The maximum Gasteiger partial charge on any atom is 0.327 e. The average Bonchev–Trinajstić information content (AvgIpc) is 2.99. The number of nitrogens with zero attached hydrogens (tertiary/aromatic N) is 1. The summed E-state index contributed by atoms with van der Waals surface area (Å²) in [5.41, 5.74) is 1.60. The van der Waals surface area contributed by atoms with E-state index in [1.54, 1.807) is 24.3 Å². The van der Waals surface area contributed by atoms with Crippen molar-refractivity contribution in [1.82, 2.24) is 4.72 Å². The molecule has 3 rings (SSSR count). The Hall–Kier alpha value is -2.80. The maximum absolute atomic E-state index is 12.7. The molecule has 1 unspecified atom stereocenters. The van der Waals surface area contributed by atoms with Crippen LogP contribution in [0.4, 0.5) is 5.69 Å². The quantitative estimate of drug-likeness (QED) is 0.763. The van der Waals surface area contributed by atoms with Crippen molar-refractivity contribution >= 4 is 21.7 Å². The molecule has 0 saturated carbocycles. The van der Waals surface area contributed by atoms with Crippen LogP contribution < -0.4 is 9.03 Å². The molecular weight excluding hydrogens is 352 g/mol. The number of ketones is 1. The van der Waals surface area contributed by atoms with Crippen molar-refractivity contribution < 1.29 is 18.3 Å². The van der Waals surface area contributed by atoms with Gasteiger partial charge in [-0.3, -0.25) is 9.52 Å². The zero-order chi connectivity index (χ0) is 18.7. The molecule has 0 fully saturated rings. The van der Waals surface area contributed by atoms with Gasteiger partial charge in [0.2, 0.25) is 0 Å². The van der Waals surface area contributed by atoms with Crippen molar-refractivity contribution in [3.05, 3.63) is 72.1 Å². The lowest BCUT2D eigenvalue weighted by atomic mass is 9.89. The fraction of sp³-hybridized carbons (Fsp3) is 0.211. The van der Waals surface area contributed by atoms with E-state index in [0.717, 1.165) is 9.87 Å². The molecule has 2 aromatic carbocycles. The van der Waals surface area contributed by atoms with Gasteiger partial charge in [-0.2, -0.15) is 8.42 Å². The van der Waals surface area contributed by atoms with Crippen LogP contribution in [0.3, 0.4) is 0 Å². The Bertz CT molecular complexity index is 939. The molecule has 2 N–H and O–H groups in total. The van der Waals surface area contributed by atoms with E-state index in [0.29, 0.717) is 18.4 Å². The van der Waals surface area contributed by atoms with Gasteiger partial charge in [-0.1, -0.05) is 43.3 Å². The summed E-state index contributed by atoms with van der Waals surface area (Å²) in [5, 5.41) is 10.3. The van der Waals surface area contributed by atoms with E-state index in [4.69, 9.17) is 0 Å². The molecule has 0 saturated heterocycles. The van der Waals surface area contributed by atoms with Crippen LogP contribution >= 0.6 is 0 Å². The molecule has 1 heterocycles. The lowest BCUT2D eigenvalue weighted by Crippen LogP contribution is -2.28. The van der Waals surface area contributed by atoms with Gasteiger partial charge < -0.3 is 5.11 Å². The van der Waals surface area contributed by atoms with E-state index in [1.165, 1.54) is 18.5 Å². The second-order valence-corrected chi connectivity index (χ2v) is 7.68. The molecule has 0 aliphatic carbocycles. The molecule has 0 amide bonds. The van der Waals surface area contributed by atoms with Gasteiger partial charge >= 0.3 is 10.2 Å². The number of carbonyl (C=O) groups excluding carboxylic acids is 1. The van der Waals surface area contributed by atoms with Crippen LogP contribution in [0.2, 0.25) is 0 Å². The third-order valence-electron chi connectivity index (χ3n) is 4.37. The van der Waals surface area contributed by atoms with E-state index in [2.05, 4.69) is 4.72 Å². The minimum Gasteiger partial charge on any atom is -0.506 e. The summed E-state index contributed by atoms with van der Waals surface area (Å²) in [6.07, 6.45) is 3.76. The third-order valence-corrected chi connectivity index (χ3v) is 5.64.